The lowest BCUT2D eigenvalue weighted by Gasteiger charge is -2.40. The first-order chi connectivity index (χ1) is 18.6. The van der Waals surface area contributed by atoms with Gasteiger partial charge in [-0.1, -0.05) is 99.3 Å². The minimum Gasteiger partial charge on any atom is -1.00 e. The molecule has 4 heteroatoms. The maximum Gasteiger partial charge on any atom is 0.0786 e. The van der Waals surface area contributed by atoms with Crippen LogP contribution in [-0.4, -0.2) is 55.3 Å². The Morgan fingerprint density at radius 3 is 0.850 bits per heavy atom. The SMILES string of the molecule is CCCCCC[N+](CCCCCC)(CCCCCC)CCCCCC[P+](CCCC)(CCCC)CCCC.[Br-].[Br-]. The molecule has 0 aliphatic carbocycles. The van der Waals surface area contributed by atoms with E-state index in [-0.39, 0.29) is 34.0 Å². The summed E-state index contributed by atoms with van der Waals surface area (Å²) in [6.07, 6.45) is 38.3. The molecule has 1 nitrogen and oxygen atoms in total. The molecule has 0 N–H and O–H groups in total. The molecule has 0 aliphatic rings. The number of rotatable bonds is 31. The van der Waals surface area contributed by atoms with Gasteiger partial charge in [-0.25, -0.2) is 0 Å². The summed E-state index contributed by atoms with van der Waals surface area (Å²) < 4.78 is 1.47. The second-order valence-electron chi connectivity index (χ2n) is 13.1. The van der Waals surface area contributed by atoms with Gasteiger partial charge in [-0.05, 0) is 83.5 Å². The summed E-state index contributed by atoms with van der Waals surface area (Å²) in [6, 6.07) is 0. The molecule has 0 aliphatic heterocycles. The molecule has 0 bridgehead atoms. The first-order valence-corrected chi connectivity index (χ1v) is 20.8. The molecular formula is C36H78Br2NP. The molecule has 246 valence electrons. The molecule has 0 fully saturated rings. The Labute approximate surface area is 278 Å². The Balaban J connectivity index is -0.00000684. The minimum atomic E-state index is -0.695. The molecule has 0 atom stereocenters. The second-order valence-corrected chi connectivity index (χ2v) is 17.6. The third kappa shape index (κ3) is 24.8. The maximum absolute atomic E-state index is 2.41. The molecular weight excluding hydrogens is 637 g/mol. The van der Waals surface area contributed by atoms with Crippen LogP contribution >= 0.6 is 7.26 Å². The van der Waals surface area contributed by atoms with E-state index in [4.69, 9.17) is 0 Å². The third-order valence-electron chi connectivity index (χ3n) is 9.43. The van der Waals surface area contributed by atoms with Crippen LogP contribution in [-0.2, 0) is 0 Å². The molecule has 0 aromatic rings. The second kappa shape index (κ2) is 33.2. The van der Waals surface area contributed by atoms with Gasteiger partial charge in [0.2, 0.25) is 0 Å². The first-order valence-electron chi connectivity index (χ1n) is 18.3. The number of hydrogen-bond donors (Lipinski definition) is 0. The van der Waals surface area contributed by atoms with Crippen LogP contribution < -0.4 is 34.0 Å². The van der Waals surface area contributed by atoms with Crippen molar-refractivity contribution >= 4 is 7.26 Å². The maximum atomic E-state index is 2.41. The lowest BCUT2D eigenvalue weighted by molar-refractivity contribution is -0.929. The van der Waals surface area contributed by atoms with Crippen molar-refractivity contribution in [2.45, 2.75) is 183 Å². The van der Waals surface area contributed by atoms with Crippen LogP contribution in [0.4, 0.5) is 0 Å². The molecule has 0 saturated heterocycles. The van der Waals surface area contributed by atoms with Crippen molar-refractivity contribution in [2.24, 2.45) is 0 Å². The van der Waals surface area contributed by atoms with E-state index in [2.05, 4.69) is 41.5 Å². The van der Waals surface area contributed by atoms with Crippen molar-refractivity contribution in [1.29, 1.82) is 0 Å². The zero-order valence-corrected chi connectivity index (χ0v) is 32.9. The van der Waals surface area contributed by atoms with Gasteiger partial charge in [0.25, 0.3) is 0 Å². The Morgan fingerprint density at radius 2 is 0.550 bits per heavy atom. The average molecular weight is 716 g/mol. The number of hydrogen-bond acceptors (Lipinski definition) is 0. The Bertz CT molecular complexity index is 421. The summed E-state index contributed by atoms with van der Waals surface area (Å²) in [4.78, 5) is 0. The summed E-state index contributed by atoms with van der Waals surface area (Å²) in [7, 11) is -0.695. The zero-order valence-electron chi connectivity index (χ0n) is 28.9. The number of halogens is 2. The van der Waals surface area contributed by atoms with Crippen molar-refractivity contribution in [1.82, 2.24) is 0 Å². The molecule has 0 aromatic carbocycles. The van der Waals surface area contributed by atoms with Crippen molar-refractivity contribution in [2.75, 3.05) is 50.8 Å². The summed E-state index contributed by atoms with van der Waals surface area (Å²) in [5.41, 5.74) is 0. The van der Waals surface area contributed by atoms with Crippen LogP contribution in [0.25, 0.3) is 0 Å². The molecule has 0 radical (unpaired) electrons. The van der Waals surface area contributed by atoms with Crippen LogP contribution in [0.1, 0.15) is 183 Å². The van der Waals surface area contributed by atoms with Crippen LogP contribution in [0.15, 0.2) is 0 Å². The van der Waals surface area contributed by atoms with Gasteiger partial charge in [0, 0.05) is 7.26 Å². The predicted molar refractivity (Wildman–Crippen MR) is 182 cm³/mol. The van der Waals surface area contributed by atoms with Gasteiger partial charge in [0.1, 0.15) is 0 Å². The van der Waals surface area contributed by atoms with E-state index in [1.807, 2.05) is 0 Å². The summed E-state index contributed by atoms with van der Waals surface area (Å²) >= 11 is 0. The summed E-state index contributed by atoms with van der Waals surface area (Å²) in [5, 5.41) is 0. The quantitative estimate of drug-likeness (QED) is 0.0436. The minimum absolute atomic E-state index is 0. The smallest absolute Gasteiger partial charge is 0.0786 e. The normalized spacial score (nSPS) is 11.8. The van der Waals surface area contributed by atoms with E-state index in [1.165, 1.54) is 172 Å². The zero-order chi connectivity index (χ0) is 28.2. The van der Waals surface area contributed by atoms with Gasteiger partial charge in [-0.2, -0.15) is 0 Å². The number of unbranched alkanes of at least 4 members (excludes halogenated alkanes) is 15. The Hall–Kier alpha value is 1.35. The Morgan fingerprint density at radius 1 is 0.300 bits per heavy atom. The van der Waals surface area contributed by atoms with E-state index in [0.717, 1.165) is 0 Å². The number of quaternary nitrogens is 1. The number of nitrogens with zero attached hydrogens (tertiary/aromatic N) is 1. The third-order valence-corrected chi connectivity index (χ3v) is 14.5. The van der Waals surface area contributed by atoms with Gasteiger partial charge < -0.3 is 38.4 Å². The van der Waals surface area contributed by atoms with Crippen LogP contribution in [0.5, 0.6) is 0 Å². The average Bonchev–Trinajstić information content (AvgIpc) is 2.94. The van der Waals surface area contributed by atoms with E-state index in [1.54, 1.807) is 24.6 Å². The lowest BCUT2D eigenvalue weighted by atomic mass is 10.1. The molecule has 0 amide bonds. The van der Waals surface area contributed by atoms with Crippen LogP contribution in [0.2, 0.25) is 0 Å². The standard InChI is InChI=1S/C36H78NP.2BrH/c1-7-13-19-24-29-37(30-25-20-14-8-2,31-26-21-15-9-3)32-27-22-23-28-36-38(33-16-10-4,34-17-11-5)35-18-12-6;;/h7-36H2,1-6H3;2*1H/q+2;;/p-2. The van der Waals surface area contributed by atoms with E-state index < -0.39 is 7.26 Å². The van der Waals surface area contributed by atoms with E-state index >= 15 is 0 Å². The highest BCUT2D eigenvalue weighted by Gasteiger charge is 2.34. The van der Waals surface area contributed by atoms with Crippen molar-refractivity contribution in [3.05, 3.63) is 0 Å². The molecule has 0 unspecified atom stereocenters. The predicted octanol–water partition coefficient (Wildman–Crippen LogP) is 6.53. The highest BCUT2D eigenvalue weighted by molar-refractivity contribution is 7.75. The summed E-state index contributed by atoms with van der Waals surface area (Å²) in [5.74, 6) is 0. The lowest BCUT2D eigenvalue weighted by Crippen LogP contribution is -3.00. The first kappa shape index (κ1) is 45.8. The van der Waals surface area contributed by atoms with Crippen LogP contribution in [0, 0.1) is 0 Å². The van der Waals surface area contributed by atoms with Crippen LogP contribution in [0.3, 0.4) is 0 Å². The molecule has 0 aromatic heterocycles. The van der Waals surface area contributed by atoms with Crippen molar-refractivity contribution < 1.29 is 38.4 Å². The fraction of sp³-hybridized carbons (Fsp3) is 1.00. The largest absolute Gasteiger partial charge is 1.00 e. The highest BCUT2D eigenvalue weighted by Crippen LogP contribution is 2.61. The topological polar surface area (TPSA) is 0 Å². The van der Waals surface area contributed by atoms with Crippen molar-refractivity contribution in [3.8, 4) is 0 Å². The van der Waals surface area contributed by atoms with E-state index in [0.29, 0.717) is 0 Å². The van der Waals surface area contributed by atoms with Gasteiger partial charge in [-0.3, -0.25) is 0 Å². The van der Waals surface area contributed by atoms with Gasteiger partial charge in [0.15, 0.2) is 0 Å². The fourth-order valence-corrected chi connectivity index (χ4v) is 11.9. The van der Waals surface area contributed by atoms with Gasteiger partial charge in [-0.15, -0.1) is 0 Å². The highest BCUT2D eigenvalue weighted by atomic mass is 79.9. The van der Waals surface area contributed by atoms with Crippen molar-refractivity contribution in [3.63, 3.8) is 0 Å². The molecule has 40 heavy (non-hydrogen) atoms. The molecule has 0 heterocycles. The van der Waals surface area contributed by atoms with Gasteiger partial charge in [0.05, 0.1) is 50.8 Å². The molecule has 0 rings (SSSR count). The van der Waals surface area contributed by atoms with Gasteiger partial charge >= 0.3 is 0 Å². The molecule has 0 saturated carbocycles. The Kier molecular flexibility index (Phi) is 38.0. The monoisotopic (exact) mass is 713 g/mol. The fourth-order valence-electron chi connectivity index (χ4n) is 6.69. The van der Waals surface area contributed by atoms with E-state index in [9.17, 15) is 0 Å². The molecule has 0 spiro atoms. The summed E-state index contributed by atoms with van der Waals surface area (Å²) in [6.45, 7) is 20.2.